The third-order valence-electron chi connectivity index (χ3n) is 4.69. The number of nitrogens with one attached hydrogen (secondary N) is 2. The number of likely N-dealkylation sites (N-methyl/N-ethyl adjacent to an activating group) is 1. The number of rotatable bonds is 9. The van der Waals surface area contributed by atoms with Crippen LogP contribution in [0.25, 0.3) is 0 Å². The SMILES string of the molecule is CNC(=O)[C@H](CC(C)C)NC(=O)c1cnc(C2CC2)c(OCC2CC2)n1. The molecule has 7 nitrogen and oxygen atoms in total. The van der Waals surface area contributed by atoms with Gasteiger partial charge in [0.2, 0.25) is 11.8 Å². The van der Waals surface area contributed by atoms with E-state index in [4.69, 9.17) is 4.74 Å². The van der Waals surface area contributed by atoms with Gasteiger partial charge in [0.05, 0.1) is 12.8 Å². The van der Waals surface area contributed by atoms with Crippen molar-refractivity contribution in [2.75, 3.05) is 13.7 Å². The molecule has 0 aliphatic heterocycles. The summed E-state index contributed by atoms with van der Waals surface area (Å²) in [4.78, 5) is 33.5. The van der Waals surface area contributed by atoms with Crippen LogP contribution in [-0.4, -0.2) is 41.5 Å². The standard InChI is InChI=1S/C19H28N4O3/c1-11(2)8-14(17(24)20-3)22-18(25)15-9-21-16(13-6-7-13)19(23-15)26-10-12-4-5-12/h9,11-14H,4-8,10H2,1-3H3,(H,20,24)(H,22,25)/t14-/m0/s1. The lowest BCUT2D eigenvalue weighted by Crippen LogP contribution is -2.46. The Morgan fingerprint density at radius 1 is 1.27 bits per heavy atom. The number of ether oxygens (including phenoxy) is 1. The molecule has 0 aromatic carbocycles. The van der Waals surface area contributed by atoms with Crippen molar-refractivity contribution in [3.05, 3.63) is 17.6 Å². The molecule has 1 heterocycles. The first-order chi connectivity index (χ1) is 12.5. The van der Waals surface area contributed by atoms with Gasteiger partial charge in [0.1, 0.15) is 17.4 Å². The van der Waals surface area contributed by atoms with Gasteiger partial charge in [0, 0.05) is 13.0 Å². The van der Waals surface area contributed by atoms with Crippen LogP contribution in [0.2, 0.25) is 0 Å². The van der Waals surface area contributed by atoms with Crippen LogP contribution in [0.5, 0.6) is 5.88 Å². The molecule has 0 spiro atoms. The van der Waals surface area contributed by atoms with E-state index >= 15 is 0 Å². The highest BCUT2D eigenvalue weighted by atomic mass is 16.5. The van der Waals surface area contributed by atoms with E-state index in [1.807, 2.05) is 13.8 Å². The second-order valence-electron chi connectivity index (χ2n) is 7.74. The smallest absolute Gasteiger partial charge is 0.272 e. The molecule has 2 aliphatic rings. The van der Waals surface area contributed by atoms with Gasteiger partial charge >= 0.3 is 0 Å². The van der Waals surface area contributed by atoms with Crippen LogP contribution >= 0.6 is 0 Å². The van der Waals surface area contributed by atoms with Crippen LogP contribution in [-0.2, 0) is 4.79 Å². The van der Waals surface area contributed by atoms with E-state index in [1.54, 1.807) is 7.05 Å². The van der Waals surface area contributed by atoms with Crippen LogP contribution in [0.4, 0.5) is 0 Å². The molecule has 0 saturated heterocycles. The number of hydrogen-bond acceptors (Lipinski definition) is 5. The first-order valence-electron chi connectivity index (χ1n) is 9.50. The fourth-order valence-electron chi connectivity index (χ4n) is 2.82. The van der Waals surface area contributed by atoms with Crippen LogP contribution in [0, 0.1) is 11.8 Å². The van der Waals surface area contributed by atoms with Crippen molar-refractivity contribution >= 4 is 11.8 Å². The molecule has 26 heavy (non-hydrogen) atoms. The average molecular weight is 360 g/mol. The largest absolute Gasteiger partial charge is 0.476 e. The molecule has 142 valence electrons. The van der Waals surface area contributed by atoms with Gasteiger partial charge in [-0.1, -0.05) is 13.8 Å². The normalized spacial score (nSPS) is 17.7. The van der Waals surface area contributed by atoms with E-state index in [0.717, 1.165) is 18.5 Å². The molecule has 0 radical (unpaired) electrons. The van der Waals surface area contributed by atoms with E-state index in [0.29, 0.717) is 30.7 Å². The summed E-state index contributed by atoms with van der Waals surface area (Å²) in [6.07, 6.45) is 6.61. The molecule has 0 unspecified atom stereocenters. The number of amides is 2. The monoisotopic (exact) mass is 360 g/mol. The van der Waals surface area contributed by atoms with Gasteiger partial charge < -0.3 is 15.4 Å². The van der Waals surface area contributed by atoms with Crippen molar-refractivity contribution in [2.24, 2.45) is 11.8 Å². The summed E-state index contributed by atoms with van der Waals surface area (Å²) >= 11 is 0. The van der Waals surface area contributed by atoms with Gasteiger partial charge in [-0.3, -0.25) is 14.6 Å². The van der Waals surface area contributed by atoms with Crippen molar-refractivity contribution in [3.8, 4) is 5.88 Å². The zero-order valence-corrected chi connectivity index (χ0v) is 15.7. The summed E-state index contributed by atoms with van der Waals surface area (Å²) < 4.78 is 5.86. The van der Waals surface area contributed by atoms with Crippen molar-refractivity contribution in [3.63, 3.8) is 0 Å². The zero-order valence-electron chi connectivity index (χ0n) is 15.7. The highest BCUT2D eigenvalue weighted by molar-refractivity contribution is 5.96. The summed E-state index contributed by atoms with van der Waals surface area (Å²) in [6.45, 7) is 4.65. The van der Waals surface area contributed by atoms with Crippen LogP contribution in [0.3, 0.4) is 0 Å². The Balaban J connectivity index is 1.72. The van der Waals surface area contributed by atoms with E-state index in [-0.39, 0.29) is 17.5 Å². The van der Waals surface area contributed by atoms with E-state index < -0.39 is 11.9 Å². The van der Waals surface area contributed by atoms with Crippen molar-refractivity contribution in [2.45, 2.75) is 57.9 Å². The van der Waals surface area contributed by atoms with Gasteiger partial charge in [0.25, 0.3) is 5.91 Å². The minimum Gasteiger partial charge on any atom is -0.476 e. The first-order valence-corrected chi connectivity index (χ1v) is 9.50. The Morgan fingerprint density at radius 3 is 2.58 bits per heavy atom. The third kappa shape index (κ3) is 4.93. The van der Waals surface area contributed by atoms with Crippen molar-refractivity contribution in [1.82, 2.24) is 20.6 Å². The quantitative estimate of drug-likeness (QED) is 0.703. The number of nitrogens with zero attached hydrogens (tertiary/aromatic N) is 2. The molecule has 3 rings (SSSR count). The van der Waals surface area contributed by atoms with Gasteiger partial charge in [-0.05, 0) is 43.9 Å². The zero-order chi connectivity index (χ0) is 18.7. The topological polar surface area (TPSA) is 93.2 Å². The van der Waals surface area contributed by atoms with Gasteiger partial charge in [0.15, 0.2) is 0 Å². The minimum absolute atomic E-state index is 0.192. The molecule has 2 amide bonds. The predicted molar refractivity (Wildman–Crippen MR) is 97.0 cm³/mol. The first kappa shape index (κ1) is 18.6. The molecular weight excluding hydrogens is 332 g/mol. The van der Waals surface area contributed by atoms with Crippen molar-refractivity contribution in [1.29, 1.82) is 0 Å². The molecule has 1 aromatic rings. The van der Waals surface area contributed by atoms with Crippen LogP contribution < -0.4 is 15.4 Å². The van der Waals surface area contributed by atoms with E-state index in [2.05, 4.69) is 20.6 Å². The number of carbonyl (C=O) groups is 2. The molecule has 1 atom stereocenters. The Labute approximate surface area is 154 Å². The highest BCUT2D eigenvalue weighted by Gasteiger charge is 2.32. The lowest BCUT2D eigenvalue weighted by Gasteiger charge is -2.19. The minimum atomic E-state index is -0.590. The molecule has 2 fully saturated rings. The maximum Gasteiger partial charge on any atom is 0.272 e. The van der Waals surface area contributed by atoms with Gasteiger partial charge in [-0.15, -0.1) is 0 Å². The maximum absolute atomic E-state index is 12.6. The maximum atomic E-state index is 12.6. The Kier molecular flexibility index (Phi) is 5.74. The van der Waals surface area contributed by atoms with Gasteiger partial charge in [-0.2, -0.15) is 0 Å². The molecule has 2 N–H and O–H groups in total. The third-order valence-corrected chi connectivity index (χ3v) is 4.69. The summed E-state index contributed by atoms with van der Waals surface area (Å²) in [7, 11) is 1.57. The van der Waals surface area contributed by atoms with Gasteiger partial charge in [-0.25, -0.2) is 4.98 Å². The fourth-order valence-corrected chi connectivity index (χ4v) is 2.82. The second-order valence-corrected chi connectivity index (χ2v) is 7.74. The van der Waals surface area contributed by atoms with E-state index in [9.17, 15) is 9.59 Å². The Hall–Kier alpha value is -2.18. The average Bonchev–Trinajstić information content (AvgIpc) is 3.51. The molecule has 2 aliphatic carbocycles. The summed E-state index contributed by atoms with van der Waals surface area (Å²) in [5.74, 6) is 1.15. The van der Waals surface area contributed by atoms with E-state index in [1.165, 1.54) is 19.0 Å². The summed E-state index contributed by atoms with van der Waals surface area (Å²) in [5.41, 5.74) is 1.05. The fraction of sp³-hybridized carbons (Fsp3) is 0.684. The molecular formula is C19H28N4O3. The van der Waals surface area contributed by atoms with Crippen LogP contribution in [0.1, 0.15) is 68.1 Å². The summed E-state index contributed by atoms with van der Waals surface area (Å²) in [5, 5.41) is 5.37. The molecule has 2 saturated carbocycles. The molecule has 0 bridgehead atoms. The number of hydrogen-bond donors (Lipinski definition) is 2. The second kappa shape index (κ2) is 8.01. The lowest BCUT2D eigenvalue weighted by molar-refractivity contribution is -0.122. The lowest BCUT2D eigenvalue weighted by atomic mass is 10.0. The molecule has 7 heteroatoms. The van der Waals surface area contributed by atoms with Crippen LogP contribution in [0.15, 0.2) is 6.20 Å². The predicted octanol–water partition coefficient (Wildman–Crippen LogP) is 2.03. The van der Waals surface area contributed by atoms with Crippen molar-refractivity contribution < 1.29 is 14.3 Å². The highest BCUT2D eigenvalue weighted by Crippen LogP contribution is 2.42. The summed E-state index contributed by atoms with van der Waals surface area (Å²) in [6, 6.07) is -0.590. The Bertz CT molecular complexity index is 669. The number of aromatic nitrogens is 2. The number of carbonyl (C=O) groups excluding carboxylic acids is 2. The molecule has 1 aromatic heterocycles. The Morgan fingerprint density at radius 2 is 2.00 bits per heavy atom.